The molecule has 0 spiro atoms. The van der Waals surface area contributed by atoms with E-state index in [1.807, 2.05) is 31.2 Å². The zero-order chi connectivity index (χ0) is 19.3. The molecule has 6 rings (SSSR count). The van der Waals surface area contributed by atoms with Crippen molar-refractivity contribution >= 4 is 17.5 Å². The second-order valence-corrected chi connectivity index (χ2v) is 9.50. The summed E-state index contributed by atoms with van der Waals surface area (Å²) in [6.45, 7) is 3.14. The molecule has 150 valence electrons. The van der Waals surface area contributed by atoms with Gasteiger partial charge in [0.15, 0.2) is 0 Å². The summed E-state index contributed by atoms with van der Waals surface area (Å²) in [6, 6.07) is 7.55. The maximum Gasteiger partial charge on any atom is 0.229 e. The highest BCUT2D eigenvalue weighted by Crippen LogP contribution is 2.60. The van der Waals surface area contributed by atoms with Crippen molar-refractivity contribution in [2.24, 2.45) is 23.2 Å². The van der Waals surface area contributed by atoms with Gasteiger partial charge < -0.3 is 15.0 Å². The highest BCUT2D eigenvalue weighted by atomic mass is 16.5. The third-order valence-electron chi connectivity index (χ3n) is 7.44. The third-order valence-corrected chi connectivity index (χ3v) is 7.44. The van der Waals surface area contributed by atoms with Gasteiger partial charge in [-0.2, -0.15) is 0 Å². The molecule has 1 aliphatic heterocycles. The molecule has 5 heteroatoms. The van der Waals surface area contributed by atoms with Gasteiger partial charge in [0.1, 0.15) is 5.75 Å². The summed E-state index contributed by atoms with van der Waals surface area (Å²) in [5.74, 6) is 3.37. The van der Waals surface area contributed by atoms with E-state index in [-0.39, 0.29) is 23.3 Å². The predicted molar refractivity (Wildman–Crippen MR) is 107 cm³/mol. The second kappa shape index (κ2) is 6.78. The lowest BCUT2D eigenvalue weighted by atomic mass is 9.49. The first kappa shape index (κ1) is 18.0. The van der Waals surface area contributed by atoms with E-state index in [0.29, 0.717) is 19.6 Å². The lowest BCUT2D eigenvalue weighted by Crippen LogP contribution is -2.55. The van der Waals surface area contributed by atoms with E-state index in [1.54, 1.807) is 4.90 Å². The number of carbonyl (C=O) groups is 2. The molecule has 4 bridgehead atoms. The van der Waals surface area contributed by atoms with Crippen molar-refractivity contribution in [3.8, 4) is 5.75 Å². The van der Waals surface area contributed by atoms with Crippen molar-refractivity contribution in [3.05, 3.63) is 24.3 Å². The van der Waals surface area contributed by atoms with E-state index in [0.717, 1.165) is 48.5 Å². The van der Waals surface area contributed by atoms with Crippen LogP contribution in [0.5, 0.6) is 5.75 Å². The summed E-state index contributed by atoms with van der Waals surface area (Å²) in [6.07, 6.45) is 7.58. The number of amides is 2. The molecule has 1 atom stereocenters. The van der Waals surface area contributed by atoms with Gasteiger partial charge in [0, 0.05) is 24.1 Å². The van der Waals surface area contributed by atoms with E-state index in [9.17, 15) is 9.59 Å². The van der Waals surface area contributed by atoms with Gasteiger partial charge in [0.2, 0.25) is 11.8 Å². The Hall–Kier alpha value is -2.04. The minimum Gasteiger partial charge on any atom is -0.494 e. The fourth-order valence-corrected chi connectivity index (χ4v) is 6.67. The first-order valence-corrected chi connectivity index (χ1v) is 10.9. The Morgan fingerprint density at radius 2 is 1.71 bits per heavy atom. The number of anilines is 1. The van der Waals surface area contributed by atoms with Crippen molar-refractivity contribution < 1.29 is 14.3 Å². The van der Waals surface area contributed by atoms with E-state index >= 15 is 0 Å². The van der Waals surface area contributed by atoms with Crippen molar-refractivity contribution in [2.45, 2.75) is 57.9 Å². The SMILES string of the molecule is CCOc1ccc(N2C[C@@H](NC(=O)C34CC5CC(CC(C5)C3)C4)CC2=O)cc1. The highest BCUT2D eigenvalue weighted by Gasteiger charge is 2.55. The second-order valence-electron chi connectivity index (χ2n) is 9.50. The highest BCUT2D eigenvalue weighted by molar-refractivity contribution is 5.97. The molecule has 0 aromatic heterocycles. The van der Waals surface area contributed by atoms with Gasteiger partial charge in [-0.15, -0.1) is 0 Å². The van der Waals surface area contributed by atoms with Crippen LogP contribution in [0.25, 0.3) is 0 Å². The number of benzene rings is 1. The van der Waals surface area contributed by atoms with Gasteiger partial charge in [0.25, 0.3) is 0 Å². The molecule has 2 amide bonds. The van der Waals surface area contributed by atoms with Gasteiger partial charge in [0.05, 0.1) is 12.6 Å². The molecule has 5 fully saturated rings. The minimum absolute atomic E-state index is 0.0833. The molecular weight excluding hydrogens is 352 g/mol. The fourth-order valence-electron chi connectivity index (χ4n) is 6.67. The van der Waals surface area contributed by atoms with Crippen LogP contribution >= 0.6 is 0 Å². The van der Waals surface area contributed by atoms with Crippen molar-refractivity contribution in [2.75, 3.05) is 18.1 Å². The van der Waals surface area contributed by atoms with Crippen LogP contribution in [0.2, 0.25) is 0 Å². The smallest absolute Gasteiger partial charge is 0.229 e. The Bertz CT molecular complexity index is 737. The van der Waals surface area contributed by atoms with Gasteiger partial charge in [-0.05, 0) is 87.5 Å². The van der Waals surface area contributed by atoms with Crippen molar-refractivity contribution in [3.63, 3.8) is 0 Å². The Kier molecular flexibility index (Phi) is 4.37. The molecule has 1 saturated heterocycles. The Morgan fingerprint density at radius 1 is 1.11 bits per heavy atom. The van der Waals surface area contributed by atoms with Crippen LogP contribution in [0.1, 0.15) is 51.9 Å². The van der Waals surface area contributed by atoms with Crippen LogP contribution in [-0.2, 0) is 9.59 Å². The predicted octanol–water partition coefficient (Wildman–Crippen LogP) is 3.52. The Morgan fingerprint density at radius 3 is 2.29 bits per heavy atom. The quantitative estimate of drug-likeness (QED) is 0.848. The van der Waals surface area contributed by atoms with Gasteiger partial charge in [-0.3, -0.25) is 9.59 Å². The maximum absolute atomic E-state index is 13.3. The van der Waals surface area contributed by atoms with Crippen LogP contribution < -0.4 is 15.0 Å². The summed E-state index contributed by atoms with van der Waals surface area (Å²) in [4.78, 5) is 27.6. The van der Waals surface area contributed by atoms with Crippen molar-refractivity contribution in [1.82, 2.24) is 5.32 Å². The summed E-state index contributed by atoms with van der Waals surface area (Å²) < 4.78 is 5.48. The summed E-state index contributed by atoms with van der Waals surface area (Å²) in [5, 5.41) is 3.27. The molecule has 1 heterocycles. The van der Waals surface area contributed by atoms with Crippen LogP contribution in [0.15, 0.2) is 24.3 Å². The number of nitrogens with zero attached hydrogens (tertiary/aromatic N) is 1. The molecule has 28 heavy (non-hydrogen) atoms. The van der Waals surface area contributed by atoms with Crippen molar-refractivity contribution in [1.29, 1.82) is 0 Å². The van der Waals surface area contributed by atoms with Crippen LogP contribution in [0.4, 0.5) is 5.69 Å². The number of carbonyl (C=O) groups excluding carboxylic acids is 2. The van der Waals surface area contributed by atoms with E-state index in [1.165, 1.54) is 19.3 Å². The molecule has 0 radical (unpaired) electrons. The van der Waals surface area contributed by atoms with Crippen LogP contribution in [-0.4, -0.2) is 31.0 Å². The Balaban J connectivity index is 1.24. The summed E-state index contributed by atoms with van der Waals surface area (Å²) in [5.41, 5.74) is 0.727. The maximum atomic E-state index is 13.3. The average Bonchev–Trinajstić information content (AvgIpc) is 3.02. The fraction of sp³-hybridized carbons (Fsp3) is 0.652. The molecular formula is C23H30N2O3. The normalized spacial score (nSPS) is 36.0. The van der Waals surface area contributed by atoms with E-state index < -0.39 is 0 Å². The first-order chi connectivity index (χ1) is 13.5. The molecule has 5 nitrogen and oxygen atoms in total. The van der Waals surface area contributed by atoms with Gasteiger partial charge in [-0.25, -0.2) is 0 Å². The first-order valence-electron chi connectivity index (χ1n) is 10.9. The molecule has 1 aromatic rings. The van der Waals surface area contributed by atoms with Gasteiger partial charge >= 0.3 is 0 Å². The summed E-state index contributed by atoms with van der Waals surface area (Å²) in [7, 11) is 0. The molecule has 4 saturated carbocycles. The van der Waals surface area contributed by atoms with E-state index in [4.69, 9.17) is 4.74 Å². The lowest BCUT2D eigenvalue weighted by Gasteiger charge is -2.55. The lowest BCUT2D eigenvalue weighted by molar-refractivity contribution is -0.146. The average molecular weight is 383 g/mol. The topological polar surface area (TPSA) is 58.6 Å². The number of rotatable bonds is 5. The minimum atomic E-state index is -0.148. The van der Waals surface area contributed by atoms with E-state index in [2.05, 4.69) is 5.32 Å². The summed E-state index contributed by atoms with van der Waals surface area (Å²) >= 11 is 0. The van der Waals surface area contributed by atoms with Crippen LogP contribution in [0.3, 0.4) is 0 Å². The van der Waals surface area contributed by atoms with Crippen LogP contribution in [0, 0.1) is 23.2 Å². The molecule has 0 unspecified atom stereocenters. The third kappa shape index (κ3) is 3.09. The zero-order valence-corrected chi connectivity index (χ0v) is 16.7. The number of hydrogen-bond acceptors (Lipinski definition) is 3. The van der Waals surface area contributed by atoms with Gasteiger partial charge in [-0.1, -0.05) is 0 Å². The monoisotopic (exact) mass is 382 g/mol. The molecule has 5 aliphatic rings. The molecule has 4 aliphatic carbocycles. The molecule has 1 N–H and O–H groups in total. The largest absolute Gasteiger partial charge is 0.494 e. The number of ether oxygens (including phenoxy) is 1. The number of hydrogen-bond donors (Lipinski definition) is 1. The number of nitrogens with one attached hydrogen (secondary N) is 1. The standard InChI is InChI=1S/C23H30N2O3/c1-2-28-20-5-3-19(4-6-20)25-14-18(10-21(25)26)24-22(27)23-11-15-7-16(12-23)9-17(8-15)13-23/h3-6,15-18H,2,7-14H2,1H3,(H,24,27)/t15?,16?,17?,18-,23?/m0/s1. The molecule has 1 aromatic carbocycles. The zero-order valence-electron chi connectivity index (χ0n) is 16.7. The Labute approximate surface area is 166 Å².